The van der Waals surface area contributed by atoms with Gasteiger partial charge in [-0.05, 0) is 55.7 Å². The van der Waals surface area contributed by atoms with Crippen LogP contribution >= 0.6 is 11.6 Å². The number of aromatic nitrogens is 2. The Labute approximate surface area is 157 Å². The SMILES string of the molecule is Clc1ccc(CCCCn2cc[n+](CC3CCCCC3)c2)cc1.[Cl-]. The van der Waals surface area contributed by atoms with E-state index in [1.807, 2.05) is 12.1 Å². The first-order valence-corrected chi connectivity index (χ1v) is 9.47. The lowest BCUT2D eigenvalue weighted by atomic mass is 9.89. The first-order chi connectivity index (χ1) is 11.3. The zero-order chi connectivity index (χ0) is 15.9. The number of halogens is 2. The Morgan fingerprint density at radius 1 is 1.04 bits per heavy atom. The first kappa shape index (κ1) is 19.3. The van der Waals surface area contributed by atoms with Gasteiger partial charge < -0.3 is 12.4 Å². The molecule has 1 fully saturated rings. The molecule has 1 aromatic carbocycles. The number of benzene rings is 1. The van der Waals surface area contributed by atoms with Gasteiger partial charge in [0.05, 0.1) is 13.1 Å². The molecule has 3 rings (SSSR count). The highest BCUT2D eigenvalue weighted by atomic mass is 35.5. The van der Waals surface area contributed by atoms with E-state index >= 15 is 0 Å². The Balaban J connectivity index is 0.00000208. The van der Waals surface area contributed by atoms with Gasteiger partial charge in [0.1, 0.15) is 12.4 Å². The Kier molecular flexibility index (Phi) is 8.14. The molecule has 0 radical (unpaired) electrons. The molecule has 0 saturated heterocycles. The topological polar surface area (TPSA) is 8.81 Å². The van der Waals surface area contributed by atoms with Gasteiger partial charge >= 0.3 is 0 Å². The minimum atomic E-state index is 0. The maximum absolute atomic E-state index is 5.92. The van der Waals surface area contributed by atoms with Gasteiger partial charge in [-0.1, -0.05) is 43.0 Å². The minimum Gasteiger partial charge on any atom is -1.00 e. The third-order valence-electron chi connectivity index (χ3n) is 4.99. The Morgan fingerprint density at radius 2 is 1.79 bits per heavy atom. The lowest BCUT2D eigenvalue weighted by Crippen LogP contribution is -3.00. The summed E-state index contributed by atoms with van der Waals surface area (Å²) < 4.78 is 4.72. The molecule has 1 aliphatic carbocycles. The van der Waals surface area contributed by atoms with Crippen molar-refractivity contribution < 1.29 is 17.0 Å². The summed E-state index contributed by atoms with van der Waals surface area (Å²) in [4.78, 5) is 0. The summed E-state index contributed by atoms with van der Waals surface area (Å²) in [5, 5.41) is 0.823. The second kappa shape index (κ2) is 10.1. The Morgan fingerprint density at radius 3 is 2.54 bits per heavy atom. The van der Waals surface area contributed by atoms with Crippen LogP contribution in [0.5, 0.6) is 0 Å². The van der Waals surface area contributed by atoms with E-state index in [9.17, 15) is 0 Å². The fourth-order valence-electron chi connectivity index (χ4n) is 3.62. The first-order valence-electron chi connectivity index (χ1n) is 9.09. The summed E-state index contributed by atoms with van der Waals surface area (Å²) in [6.07, 6.45) is 17.5. The van der Waals surface area contributed by atoms with Crippen LogP contribution in [-0.2, 0) is 19.5 Å². The quantitative estimate of drug-likeness (QED) is 0.523. The highest BCUT2D eigenvalue weighted by Gasteiger charge is 2.16. The normalized spacial score (nSPS) is 15.2. The van der Waals surface area contributed by atoms with Gasteiger partial charge in [-0.2, -0.15) is 0 Å². The average Bonchev–Trinajstić information content (AvgIpc) is 3.02. The van der Waals surface area contributed by atoms with Gasteiger partial charge in [0.15, 0.2) is 0 Å². The van der Waals surface area contributed by atoms with Gasteiger partial charge in [-0.3, -0.25) is 0 Å². The van der Waals surface area contributed by atoms with Crippen molar-refractivity contribution in [2.24, 2.45) is 5.92 Å². The van der Waals surface area contributed by atoms with E-state index in [4.69, 9.17) is 11.6 Å². The van der Waals surface area contributed by atoms with Crippen molar-refractivity contribution in [1.29, 1.82) is 0 Å². The molecule has 2 nitrogen and oxygen atoms in total. The second-order valence-electron chi connectivity index (χ2n) is 6.94. The van der Waals surface area contributed by atoms with Crippen LogP contribution in [0.2, 0.25) is 5.02 Å². The smallest absolute Gasteiger partial charge is 0.243 e. The monoisotopic (exact) mass is 366 g/mol. The van der Waals surface area contributed by atoms with Gasteiger partial charge in [0.2, 0.25) is 6.33 Å². The van der Waals surface area contributed by atoms with E-state index in [1.54, 1.807) is 0 Å². The van der Waals surface area contributed by atoms with Crippen LogP contribution in [0.1, 0.15) is 50.5 Å². The van der Waals surface area contributed by atoms with Crippen molar-refractivity contribution in [3.8, 4) is 0 Å². The van der Waals surface area contributed by atoms with Crippen LogP contribution in [-0.4, -0.2) is 4.57 Å². The summed E-state index contributed by atoms with van der Waals surface area (Å²) >= 11 is 5.92. The largest absolute Gasteiger partial charge is 1.00 e. The number of hydrogen-bond donors (Lipinski definition) is 0. The van der Waals surface area contributed by atoms with Crippen molar-refractivity contribution in [1.82, 2.24) is 4.57 Å². The molecule has 1 saturated carbocycles. The Hall–Kier alpha value is -0.990. The molecule has 0 bridgehead atoms. The molecule has 0 spiro atoms. The Bertz CT molecular complexity index is 586. The number of nitrogens with zero attached hydrogens (tertiary/aromatic N) is 2. The van der Waals surface area contributed by atoms with Crippen molar-refractivity contribution in [3.63, 3.8) is 0 Å². The number of hydrogen-bond acceptors (Lipinski definition) is 0. The van der Waals surface area contributed by atoms with Crippen molar-refractivity contribution in [3.05, 3.63) is 53.6 Å². The molecule has 24 heavy (non-hydrogen) atoms. The molecular formula is C20H28Cl2N2. The van der Waals surface area contributed by atoms with Crippen LogP contribution in [0.4, 0.5) is 0 Å². The molecule has 2 aromatic rings. The van der Waals surface area contributed by atoms with E-state index < -0.39 is 0 Å². The lowest BCUT2D eigenvalue weighted by molar-refractivity contribution is -0.703. The number of unbranched alkanes of at least 4 members (excludes halogenated alkanes) is 1. The van der Waals surface area contributed by atoms with E-state index in [0.717, 1.165) is 23.9 Å². The molecule has 132 valence electrons. The van der Waals surface area contributed by atoms with Gasteiger partial charge in [-0.15, -0.1) is 0 Å². The summed E-state index contributed by atoms with van der Waals surface area (Å²) in [6, 6.07) is 8.24. The highest BCUT2D eigenvalue weighted by Crippen LogP contribution is 2.23. The summed E-state index contributed by atoms with van der Waals surface area (Å²) in [5.74, 6) is 0.898. The van der Waals surface area contributed by atoms with Crippen LogP contribution in [0.3, 0.4) is 0 Å². The van der Waals surface area contributed by atoms with Gasteiger partial charge in [0.25, 0.3) is 0 Å². The number of rotatable bonds is 7. The van der Waals surface area contributed by atoms with Crippen molar-refractivity contribution in [2.75, 3.05) is 0 Å². The molecule has 0 unspecified atom stereocenters. The highest BCUT2D eigenvalue weighted by molar-refractivity contribution is 6.30. The molecule has 4 heteroatoms. The van der Waals surface area contributed by atoms with Gasteiger partial charge in [-0.25, -0.2) is 9.13 Å². The zero-order valence-corrected chi connectivity index (χ0v) is 15.9. The lowest BCUT2D eigenvalue weighted by Gasteiger charge is -2.19. The fraction of sp³-hybridized carbons (Fsp3) is 0.550. The summed E-state index contributed by atoms with van der Waals surface area (Å²) in [5.41, 5.74) is 1.38. The molecule has 1 heterocycles. The van der Waals surface area contributed by atoms with Crippen LogP contribution < -0.4 is 17.0 Å². The van der Waals surface area contributed by atoms with E-state index in [-0.39, 0.29) is 12.4 Å². The molecule has 0 aliphatic heterocycles. The van der Waals surface area contributed by atoms with E-state index in [1.165, 1.54) is 57.1 Å². The van der Waals surface area contributed by atoms with Crippen LogP contribution in [0.25, 0.3) is 0 Å². The molecule has 0 N–H and O–H groups in total. The standard InChI is InChI=1S/C20H28ClN2.ClH/c21-20-11-9-18(10-12-20)6-4-5-13-22-14-15-23(17-22)16-19-7-2-1-3-8-19;/h9-12,14-15,17,19H,1-8,13,16H2;1H/q+1;/p-1. The summed E-state index contributed by atoms with van der Waals surface area (Å²) in [6.45, 7) is 2.32. The van der Waals surface area contributed by atoms with Crippen molar-refractivity contribution in [2.45, 2.75) is 64.5 Å². The molecule has 1 aliphatic rings. The van der Waals surface area contributed by atoms with Crippen molar-refractivity contribution >= 4 is 11.6 Å². The third kappa shape index (κ3) is 6.14. The zero-order valence-electron chi connectivity index (χ0n) is 14.3. The maximum Gasteiger partial charge on any atom is 0.243 e. The molecule has 0 amide bonds. The predicted molar refractivity (Wildman–Crippen MR) is 95.6 cm³/mol. The predicted octanol–water partition coefficient (Wildman–Crippen LogP) is 2.04. The molecular weight excluding hydrogens is 339 g/mol. The van der Waals surface area contributed by atoms with Crippen LogP contribution in [0.15, 0.2) is 43.0 Å². The molecule has 0 atom stereocenters. The molecule has 1 aromatic heterocycles. The number of aryl methyl sites for hydroxylation is 2. The number of imidazole rings is 1. The van der Waals surface area contributed by atoms with Crippen LogP contribution in [0, 0.1) is 5.92 Å². The third-order valence-corrected chi connectivity index (χ3v) is 5.24. The van der Waals surface area contributed by atoms with E-state index in [0.29, 0.717) is 0 Å². The summed E-state index contributed by atoms with van der Waals surface area (Å²) in [7, 11) is 0. The minimum absolute atomic E-state index is 0. The van der Waals surface area contributed by atoms with E-state index in [2.05, 4.69) is 40.0 Å². The fourth-order valence-corrected chi connectivity index (χ4v) is 3.75. The second-order valence-corrected chi connectivity index (χ2v) is 7.37. The average molecular weight is 367 g/mol. The van der Waals surface area contributed by atoms with Gasteiger partial charge in [0, 0.05) is 5.02 Å². The maximum atomic E-state index is 5.92.